The molecule has 0 aromatic heterocycles. The molecule has 0 amide bonds. The summed E-state index contributed by atoms with van der Waals surface area (Å²) in [6.45, 7) is 4.30. The quantitative estimate of drug-likeness (QED) is 0.852. The first kappa shape index (κ1) is 15.5. The number of nitrogens with zero attached hydrogens (tertiary/aromatic N) is 1. The minimum atomic E-state index is -0.0581. The third kappa shape index (κ3) is 3.58. The Morgan fingerprint density at radius 2 is 2.15 bits per heavy atom. The highest BCUT2D eigenvalue weighted by Gasteiger charge is 2.29. The molecular weight excluding hydrogens is 251 g/mol. The van der Waals surface area contributed by atoms with Gasteiger partial charge in [0.2, 0.25) is 0 Å². The Kier molecular flexibility index (Phi) is 5.99. The molecule has 1 fully saturated rings. The van der Waals surface area contributed by atoms with Crippen molar-refractivity contribution in [2.45, 2.75) is 51.1 Å². The van der Waals surface area contributed by atoms with E-state index >= 15 is 0 Å². The number of likely N-dealkylation sites (tertiary alicyclic amines) is 1. The molecule has 0 saturated carbocycles. The standard InChI is InChI=1S/C17H27FN2/c1-3-17(15-9-4-5-10-16(15)18)20-13-7-6-8-14(20)11-12-19-2/h4-5,9-10,14,17,19H,3,6-8,11-13H2,1-2H3. The van der Waals surface area contributed by atoms with E-state index in [0.717, 1.165) is 31.5 Å². The van der Waals surface area contributed by atoms with E-state index in [1.807, 2.05) is 19.2 Å². The van der Waals surface area contributed by atoms with Crippen LogP contribution in [0.3, 0.4) is 0 Å². The Labute approximate surface area is 122 Å². The molecule has 1 saturated heterocycles. The van der Waals surface area contributed by atoms with E-state index < -0.39 is 0 Å². The van der Waals surface area contributed by atoms with Gasteiger partial charge in [0, 0.05) is 17.6 Å². The zero-order valence-electron chi connectivity index (χ0n) is 12.7. The molecule has 2 rings (SSSR count). The molecule has 0 radical (unpaired) electrons. The number of rotatable bonds is 6. The van der Waals surface area contributed by atoms with Gasteiger partial charge >= 0.3 is 0 Å². The summed E-state index contributed by atoms with van der Waals surface area (Å²) in [5, 5.41) is 3.24. The Bertz CT molecular complexity index is 408. The van der Waals surface area contributed by atoms with Crippen LogP contribution in [0.2, 0.25) is 0 Å². The third-order valence-electron chi connectivity index (χ3n) is 4.45. The lowest BCUT2D eigenvalue weighted by Gasteiger charge is -2.41. The van der Waals surface area contributed by atoms with Gasteiger partial charge < -0.3 is 5.32 Å². The van der Waals surface area contributed by atoms with E-state index in [1.165, 1.54) is 19.3 Å². The molecule has 0 spiro atoms. The lowest BCUT2D eigenvalue weighted by molar-refractivity contribution is 0.0841. The van der Waals surface area contributed by atoms with Gasteiger partial charge in [0.25, 0.3) is 0 Å². The van der Waals surface area contributed by atoms with Crippen LogP contribution >= 0.6 is 0 Å². The van der Waals surface area contributed by atoms with Gasteiger partial charge in [-0.2, -0.15) is 0 Å². The second-order valence-electron chi connectivity index (χ2n) is 5.73. The number of halogens is 1. The Morgan fingerprint density at radius 1 is 1.35 bits per heavy atom. The lowest BCUT2D eigenvalue weighted by Crippen LogP contribution is -2.43. The first-order valence-corrected chi connectivity index (χ1v) is 7.92. The van der Waals surface area contributed by atoms with Crippen LogP contribution in [0, 0.1) is 5.82 Å². The molecule has 1 heterocycles. The van der Waals surface area contributed by atoms with Gasteiger partial charge in [-0.25, -0.2) is 4.39 Å². The summed E-state index contributed by atoms with van der Waals surface area (Å²) >= 11 is 0. The van der Waals surface area contributed by atoms with Crippen molar-refractivity contribution in [3.8, 4) is 0 Å². The SMILES string of the molecule is CCC(c1ccccc1F)N1CCCCC1CCNC. The van der Waals surface area contributed by atoms with Crippen LogP contribution in [-0.4, -0.2) is 31.1 Å². The number of hydrogen-bond donors (Lipinski definition) is 1. The molecule has 0 aliphatic carbocycles. The van der Waals surface area contributed by atoms with Crippen LogP contribution in [0.4, 0.5) is 4.39 Å². The van der Waals surface area contributed by atoms with Crippen molar-refractivity contribution < 1.29 is 4.39 Å². The smallest absolute Gasteiger partial charge is 0.127 e. The maximum absolute atomic E-state index is 14.1. The number of hydrogen-bond acceptors (Lipinski definition) is 2. The fraction of sp³-hybridized carbons (Fsp3) is 0.647. The van der Waals surface area contributed by atoms with Gasteiger partial charge in [-0.05, 0) is 51.9 Å². The van der Waals surface area contributed by atoms with Crippen molar-refractivity contribution in [3.05, 3.63) is 35.6 Å². The van der Waals surface area contributed by atoms with Gasteiger partial charge in [0.15, 0.2) is 0 Å². The van der Waals surface area contributed by atoms with Crippen LogP contribution in [0.5, 0.6) is 0 Å². The van der Waals surface area contributed by atoms with Gasteiger partial charge in [-0.1, -0.05) is 31.5 Å². The molecule has 0 bridgehead atoms. The Morgan fingerprint density at radius 3 is 2.85 bits per heavy atom. The number of piperidine rings is 1. The molecule has 2 atom stereocenters. The molecule has 3 heteroatoms. The van der Waals surface area contributed by atoms with Crippen LogP contribution in [0.1, 0.15) is 50.6 Å². The van der Waals surface area contributed by atoms with Gasteiger partial charge in [-0.3, -0.25) is 4.90 Å². The monoisotopic (exact) mass is 278 g/mol. The van der Waals surface area contributed by atoms with Crippen molar-refractivity contribution in [2.75, 3.05) is 20.1 Å². The van der Waals surface area contributed by atoms with Gasteiger partial charge in [0.05, 0.1) is 0 Å². The summed E-state index contributed by atoms with van der Waals surface area (Å²) in [4.78, 5) is 2.54. The van der Waals surface area contributed by atoms with Crippen LogP contribution in [0.25, 0.3) is 0 Å². The fourth-order valence-electron chi connectivity index (χ4n) is 3.43. The first-order valence-electron chi connectivity index (χ1n) is 7.92. The summed E-state index contributed by atoms with van der Waals surface area (Å²) in [6, 6.07) is 8.07. The first-order chi connectivity index (χ1) is 9.77. The average Bonchev–Trinajstić information content (AvgIpc) is 2.49. The minimum Gasteiger partial charge on any atom is -0.320 e. The van der Waals surface area contributed by atoms with Crippen molar-refractivity contribution in [1.82, 2.24) is 10.2 Å². The second-order valence-corrected chi connectivity index (χ2v) is 5.73. The molecular formula is C17H27FN2. The van der Waals surface area contributed by atoms with Crippen molar-refractivity contribution in [2.24, 2.45) is 0 Å². The van der Waals surface area contributed by atoms with Crippen LogP contribution < -0.4 is 5.32 Å². The molecule has 1 aliphatic rings. The molecule has 2 nitrogen and oxygen atoms in total. The van der Waals surface area contributed by atoms with Crippen molar-refractivity contribution in [3.63, 3.8) is 0 Å². The fourth-order valence-corrected chi connectivity index (χ4v) is 3.43. The van der Waals surface area contributed by atoms with E-state index in [-0.39, 0.29) is 11.9 Å². The minimum absolute atomic E-state index is 0.0581. The maximum atomic E-state index is 14.1. The number of nitrogens with one attached hydrogen (secondary N) is 1. The van der Waals surface area contributed by atoms with E-state index in [9.17, 15) is 4.39 Å². The predicted octanol–water partition coefficient (Wildman–Crippen LogP) is 3.74. The number of benzene rings is 1. The van der Waals surface area contributed by atoms with Crippen molar-refractivity contribution in [1.29, 1.82) is 0 Å². The van der Waals surface area contributed by atoms with Gasteiger partial charge in [-0.15, -0.1) is 0 Å². The molecule has 1 N–H and O–H groups in total. The van der Waals surface area contributed by atoms with E-state index in [0.29, 0.717) is 6.04 Å². The third-order valence-corrected chi connectivity index (χ3v) is 4.45. The summed E-state index contributed by atoms with van der Waals surface area (Å²) in [7, 11) is 2.00. The lowest BCUT2D eigenvalue weighted by atomic mass is 9.93. The molecule has 1 aromatic rings. The molecule has 112 valence electrons. The second kappa shape index (κ2) is 7.75. The van der Waals surface area contributed by atoms with Crippen molar-refractivity contribution >= 4 is 0 Å². The molecule has 20 heavy (non-hydrogen) atoms. The zero-order chi connectivity index (χ0) is 14.4. The van der Waals surface area contributed by atoms with E-state index in [1.54, 1.807) is 12.1 Å². The predicted molar refractivity (Wildman–Crippen MR) is 82.3 cm³/mol. The molecule has 1 aromatic carbocycles. The Balaban J connectivity index is 2.17. The van der Waals surface area contributed by atoms with Crippen LogP contribution in [-0.2, 0) is 0 Å². The highest BCUT2D eigenvalue weighted by atomic mass is 19.1. The summed E-state index contributed by atoms with van der Waals surface area (Å²) in [6.07, 6.45) is 5.91. The maximum Gasteiger partial charge on any atom is 0.127 e. The van der Waals surface area contributed by atoms with Crippen LogP contribution in [0.15, 0.2) is 24.3 Å². The average molecular weight is 278 g/mol. The van der Waals surface area contributed by atoms with Gasteiger partial charge in [0.1, 0.15) is 5.82 Å². The highest BCUT2D eigenvalue weighted by Crippen LogP contribution is 2.33. The Hall–Kier alpha value is -0.930. The topological polar surface area (TPSA) is 15.3 Å². The summed E-state index contributed by atoms with van der Waals surface area (Å²) < 4.78 is 14.1. The summed E-state index contributed by atoms with van der Waals surface area (Å²) in [5.41, 5.74) is 0.867. The molecule has 2 unspecified atom stereocenters. The molecule has 1 aliphatic heterocycles. The normalized spacial score (nSPS) is 21.9. The van der Waals surface area contributed by atoms with E-state index in [2.05, 4.69) is 17.1 Å². The van der Waals surface area contributed by atoms with E-state index in [4.69, 9.17) is 0 Å². The zero-order valence-corrected chi connectivity index (χ0v) is 12.7. The summed E-state index contributed by atoms with van der Waals surface area (Å²) in [5.74, 6) is -0.0581. The largest absolute Gasteiger partial charge is 0.320 e. The highest BCUT2D eigenvalue weighted by molar-refractivity contribution is 5.21.